The van der Waals surface area contributed by atoms with Crippen LogP contribution >= 0.6 is 0 Å². The number of methoxy groups -OCH3 is 1. The number of nitrogens with zero attached hydrogens (tertiary/aromatic N) is 3. The van der Waals surface area contributed by atoms with E-state index in [1.54, 1.807) is 17.7 Å². The molecule has 0 amide bonds. The molecule has 21 heavy (non-hydrogen) atoms. The van der Waals surface area contributed by atoms with E-state index in [4.69, 9.17) is 15.2 Å². The van der Waals surface area contributed by atoms with Gasteiger partial charge in [-0.1, -0.05) is 12.1 Å². The van der Waals surface area contributed by atoms with Crippen molar-refractivity contribution >= 4 is 17.1 Å². The van der Waals surface area contributed by atoms with Gasteiger partial charge in [-0.25, -0.2) is 4.98 Å². The molecular formula is C15H16N4O2. The maximum absolute atomic E-state index is 6.06. The fraction of sp³-hybridized carbons (Fsp3) is 0.200. The molecule has 1 aromatic carbocycles. The minimum absolute atomic E-state index is 0.359. The Hall–Kier alpha value is -2.76. The molecule has 0 atom stereocenters. The van der Waals surface area contributed by atoms with E-state index >= 15 is 0 Å². The van der Waals surface area contributed by atoms with Crippen molar-refractivity contribution < 1.29 is 9.47 Å². The standard InChI is InChI=1S/C15H16N4O2/c1-3-21-12-7-5-4-6-11(12)19-14-10(17-15(19)16)8-9-13(18-14)20-2/h4-9H,3H2,1-2H3,(H2,16,17). The van der Waals surface area contributed by atoms with E-state index in [0.717, 1.165) is 11.4 Å². The number of nitrogens with two attached hydrogens (primary N) is 1. The maximum atomic E-state index is 6.06. The zero-order chi connectivity index (χ0) is 14.8. The van der Waals surface area contributed by atoms with Gasteiger partial charge in [0.05, 0.1) is 19.4 Å². The van der Waals surface area contributed by atoms with E-state index in [9.17, 15) is 0 Å². The van der Waals surface area contributed by atoms with Gasteiger partial charge in [-0.2, -0.15) is 4.98 Å². The molecule has 0 saturated carbocycles. The van der Waals surface area contributed by atoms with Crippen LogP contribution in [0.25, 0.3) is 16.9 Å². The fourth-order valence-electron chi connectivity index (χ4n) is 2.23. The van der Waals surface area contributed by atoms with Crippen LogP contribution in [0.3, 0.4) is 0 Å². The Morgan fingerprint density at radius 2 is 1.95 bits per heavy atom. The Morgan fingerprint density at radius 3 is 2.71 bits per heavy atom. The number of para-hydroxylation sites is 2. The summed E-state index contributed by atoms with van der Waals surface area (Å²) in [6.07, 6.45) is 0. The number of hydrogen-bond acceptors (Lipinski definition) is 5. The number of hydrogen-bond donors (Lipinski definition) is 1. The molecule has 0 unspecified atom stereocenters. The van der Waals surface area contributed by atoms with Crippen molar-refractivity contribution in [2.75, 3.05) is 19.5 Å². The van der Waals surface area contributed by atoms with Crippen LogP contribution in [0.1, 0.15) is 6.92 Å². The third-order valence-electron chi connectivity index (χ3n) is 3.12. The van der Waals surface area contributed by atoms with Crippen LogP contribution in [0.4, 0.5) is 5.95 Å². The first kappa shape index (κ1) is 13.2. The molecule has 0 aliphatic carbocycles. The Morgan fingerprint density at radius 1 is 1.14 bits per heavy atom. The average Bonchev–Trinajstić information content (AvgIpc) is 2.83. The highest BCUT2D eigenvalue weighted by atomic mass is 16.5. The molecule has 0 radical (unpaired) electrons. The molecule has 0 saturated heterocycles. The van der Waals surface area contributed by atoms with Gasteiger partial charge in [-0.15, -0.1) is 0 Å². The number of nitrogen functional groups attached to an aromatic ring is 1. The summed E-state index contributed by atoms with van der Waals surface area (Å²) in [6.45, 7) is 2.51. The molecule has 0 spiro atoms. The van der Waals surface area contributed by atoms with Gasteiger partial charge in [0.2, 0.25) is 11.8 Å². The molecule has 3 aromatic rings. The summed E-state index contributed by atoms with van der Waals surface area (Å²) in [7, 11) is 1.58. The van der Waals surface area contributed by atoms with Gasteiger partial charge in [0.25, 0.3) is 0 Å². The van der Waals surface area contributed by atoms with Crippen molar-refractivity contribution in [3.8, 4) is 17.3 Å². The first-order valence-electron chi connectivity index (χ1n) is 6.65. The first-order chi connectivity index (χ1) is 10.2. The number of pyridine rings is 1. The molecule has 6 nitrogen and oxygen atoms in total. The second kappa shape index (κ2) is 5.32. The fourth-order valence-corrected chi connectivity index (χ4v) is 2.23. The number of imidazole rings is 1. The summed E-state index contributed by atoms with van der Waals surface area (Å²) in [6, 6.07) is 11.2. The van der Waals surface area contributed by atoms with Crippen molar-refractivity contribution in [3.05, 3.63) is 36.4 Å². The molecule has 0 bridgehead atoms. The van der Waals surface area contributed by atoms with Crippen molar-refractivity contribution in [2.24, 2.45) is 0 Å². The number of fused-ring (bicyclic) bond motifs is 1. The lowest BCUT2D eigenvalue weighted by atomic mass is 10.3. The van der Waals surface area contributed by atoms with Gasteiger partial charge in [-0.05, 0) is 25.1 Å². The summed E-state index contributed by atoms with van der Waals surface area (Å²) in [5.74, 6) is 1.60. The highest BCUT2D eigenvalue weighted by Gasteiger charge is 2.15. The highest BCUT2D eigenvalue weighted by Crippen LogP contribution is 2.29. The summed E-state index contributed by atoms with van der Waals surface area (Å²) < 4.78 is 12.6. The normalized spacial score (nSPS) is 10.8. The SMILES string of the molecule is CCOc1ccccc1-n1c(N)nc2ccc(OC)nc21. The van der Waals surface area contributed by atoms with Gasteiger partial charge in [0.15, 0.2) is 5.65 Å². The molecule has 2 aromatic heterocycles. The number of rotatable bonds is 4. The Labute approximate surface area is 122 Å². The molecule has 2 N–H and O–H groups in total. The summed E-state index contributed by atoms with van der Waals surface area (Å²) in [4.78, 5) is 8.77. The van der Waals surface area contributed by atoms with E-state index in [1.165, 1.54) is 0 Å². The van der Waals surface area contributed by atoms with Gasteiger partial charge >= 0.3 is 0 Å². The third kappa shape index (κ3) is 2.24. The van der Waals surface area contributed by atoms with Gasteiger partial charge in [0, 0.05) is 6.07 Å². The maximum Gasteiger partial charge on any atom is 0.215 e. The summed E-state index contributed by atoms with van der Waals surface area (Å²) >= 11 is 0. The van der Waals surface area contributed by atoms with Crippen molar-refractivity contribution in [1.29, 1.82) is 0 Å². The average molecular weight is 284 g/mol. The second-order valence-corrected chi connectivity index (χ2v) is 4.40. The minimum Gasteiger partial charge on any atom is -0.492 e. The predicted octanol–water partition coefficient (Wildman–Crippen LogP) is 2.41. The lowest BCUT2D eigenvalue weighted by Gasteiger charge is -2.12. The van der Waals surface area contributed by atoms with Gasteiger partial charge in [0.1, 0.15) is 11.3 Å². The topological polar surface area (TPSA) is 75.2 Å². The Balaban J connectivity index is 2.26. The van der Waals surface area contributed by atoms with Crippen LogP contribution in [0.15, 0.2) is 36.4 Å². The van der Waals surface area contributed by atoms with Crippen molar-refractivity contribution in [2.45, 2.75) is 6.92 Å². The summed E-state index contributed by atoms with van der Waals surface area (Å²) in [5, 5.41) is 0. The monoisotopic (exact) mass is 284 g/mol. The van der Waals surface area contributed by atoms with E-state index in [0.29, 0.717) is 29.6 Å². The predicted molar refractivity (Wildman–Crippen MR) is 81.0 cm³/mol. The van der Waals surface area contributed by atoms with Crippen LogP contribution in [-0.4, -0.2) is 28.3 Å². The molecule has 3 rings (SSSR count). The number of ether oxygens (including phenoxy) is 2. The van der Waals surface area contributed by atoms with Crippen LogP contribution in [-0.2, 0) is 0 Å². The van der Waals surface area contributed by atoms with Crippen LogP contribution < -0.4 is 15.2 Å². The van der Waals surface area contributed by atoms with Crippen molar-refractivity contribution in [1.82, 2.24) is 14.5 Å². The van der Waals surface area contributed by atoms with E-state index < -0.39 is 0 Å². The zero-order valence-electron chi connectivity index (χ0n) is 11.9. The molecule has 2 heterocycles. The van der Waals surface area contributed by atoms with Crippen LogP contribution in [0.2, 0.25) is 0 Å². The highest BCUT2D eigenvalue weighted by molar-refractivity contribution is 5.78. The van der Waals surface area contributed by atoms with Gasteiger partial charge in [-0.3, -0.25) is 4.57 Å². The van der Waals surface area contributed by atoms with E-state index in [2.05, 4.69) is 9.97 Å². The molecular weight excluding hydrogens is 268 g/mol. The molecule has 0 fully saturated rings. The van der Waals surface area contributed by atoms with Gasteiger partial charge < -0.3 is 15.2 Å². The lowest BCUT2D eigenvalue weighted by molar-refractivity contribution is 0.339. The van der Waals surface area contributed by atoms with Crippen LogP contribution in [0.5, 0.6) is 11.6 Å². The zero-order valence-corrected chi connectivity index (χ0v) is 11.9. The second-order valence-electron chi connectivity index (χ2n) is 4.40. The summed E-state index contributed by atoms with van der Waals surface area (Å²) in [5.41, 5.74) is 8.21. The number of anilines is 1. The minimum atomic E-state index is 0.359. The van der Waals surface area contributed by atoms with E-state index in [-0.39, 0.29) is 0 Å². The van der Waals surface area contributed by atoms with Crippen LogP contribution in [0, 0.1) is 0 Å². The Kier molecular flexibility index (Phi) is 3.35. The number of aromatic nitrogens is 3. The molecule has 0 aliphatic heterocycles. The third-order valence-corrected chi connectivity index (χ3v) is 3.12. The molecule has 6 heteroatoms. The largest absolute Gasteiger partial charge is 0.492 e. The quantitative estimate of drug-likeness (QED) is 0.796. The lowest BCUT2D eigenvalue weighted by Crippen LogP contribution is -2.05. The Bertz CT molecular complexity index is 782. The smallest absolute Gasteiger partial charge is 0.215 e. The van der Waals surface area contributed by atoms with Crippen molar-refractivity contribution in [3.63, 3.8) is 0 Å². The van der Waals surface area contributed by atoms with E-state index in [1.807, 2.05) is 37.3 Å². The molecule has 0 aliphatic rings. The molecule has 108 valence electrons. The number of benzene rings is 1. The first-order valence-corrected chi connectivity index (χ1v) is 6.65.